The van der Waals surface area contributed by atoms with Gasteiger partial charge in [0.2, 0.25) is 0 Å². The van der Waals surface area contributed by atoms with E-state index in [2.05, 4.69) is 0 Å². The molecule has 2 N–H and O–H groups in total. The van der Waals surface area contributed by atoms with E-state index >= 15 is 0 Å². The number of hydrogen-bond acceptors (Lipinski definition) is 1. The summed E-state index contributed by atoms with van der Waals surface area (Å²) in [7, 11) is 0. The van der Waals surface area contributed by atoms with Crippen LogP contribution in [-0.2, 0) is 6.42 Å². The van der Waals surface area contributed by atoms with Gasteiger partial charge in [0.1, 0.15) is 5.82 Å². The molecular formula is C15H15ClFN. The van der Waals surface area contributed by atoms with Gasteiger partial charge in [0, 0.05) is 10.9 Å². The van der Waals surface area contributed by atoms with Gasteiger partial charge in [-0.15, -0.1) is 0 Å². The molecule has 0 spiro atoms. The van der Waals surface area contributed by atoms with Gasteiger partial charge in [-0.25, -0.2) is 4.39 Å². The molecule has 0 saturated carbocycles. The largest absolute Gasteiger partial charge is 0.330 e. The summed E-state index contributed by atoms with van der Waals surface area (Å²) >= 11 is 6.12. The molecule has 1 unspecified atom stereocenters. The second-order valence-electron chi connectivity index (χ2n) is 4.25. The number of hydrogen-bond donors (Lipinski definition) is 1. The van der Waals surface area contributed by atoms with Crippen LogP contribution in [0.4, 0.5) is 4.39 Å². The van der Waals surface area contributed by atoms with Crippen LogP contribution >= 0.6 is 11.6 Å². The lowest BCUT2D eigenvalue weighted by molar-refractivity contribution is 0.576. The molecule has 18 heavy (non-hydrogen) atoms. The third-order valence-corrected chi connectivity index (χ3v) is 3.42. The van der Waals surface area contributed by atoms with Crippen molar-refractivity contribution in [2.45, 2.75) is 12.3 Å². The Hall–Kier alpha value is -1.38. The molecule has 0 fully saturated rings. The summed E-state index contributed by atoms with van der Waals surface area (Å²) in [6.07, 6.45) is 0.650. The van der Waals surface area contributed by atoms with Crippen LogP contribution in [0.1, 0.15) is 17.0 Å². The van der Waals surface area contributed by atoms with Crippen molar-refractivity contribution in [3.63, 3.8) is 0 Å². The van der Waals surface area contributed by atoms with Crippen molar-refractivity contribution in [3.8, 4) is 0 Å². The van der Waals surface area contributed by atoms with Crippen LogP contribution in [0.5, 0.6) is 0 Å². The molecule has 0 amide bonds. The van der Waals surface area contributed by atoms with Crippen LogP contribution < -0.4 is 5.73 Å². The zero-order valence-corrected chi connectivity index (χ0v) is 10.7. The van der Waals surface area contributed by atoms with E-state index in [4.69, 9.17) is 17.3 Å². The maximum atomic E-state index is 13.7. The average molecular weight is 264 g/mol. The van der Waals surface area contributed by atoms with Crippen LogP contribution in [0, 0.1) is 5.82 Å². The highest BCUT2D eigenvalue weighted by Gasteiger charge is 2.15. The summed E-state index contributed by atoms with van der Waals surface area (Å²) in [4.78, 5) is 0. The highest BCUT2D eigenvalue weighted by Crippen LogP contribution is 2.26. The summed E-state index contributed by atoms with van der Waals surface area (Å²) in [6.45, 7) is 0.395. The van der Waals surface area contributed by atoms with Crippen molar-refractivity contribution in [3.05, 3.63) is 70.5 Å². The first-order valence-electron chi connectivity index (χ1n) is 5.90. The molecule has 0 aromatic heterocycles. The first-order valence-corrected chi connectivity index (χ1v) is 6.28. The van der Waals surface area contributed by atoms with Gasteiger partial charge >= 0.3 is 0 Å². The number of halogens is 2. The average Bonchev–Trinajstić information content (AvgIpc) is 2.39. The van der Waals surface area contributed by atoms with Crippen LogP contribution in [0.2, 0.25) is 5.02 Å². The predicted octanol–water partition coefficient (Wildman–Crippen LogP) is 3.76. The van der Waals surface area contributed by atoms with E-state index in [0.717, 1.165) is 5.56 Å². The second-order valence-corrected chi connectivity index (χ2v) is 4.66. The van der Waals surface area contributed by atoms with E-state index in [1.54, 1.807) is 12.1 Å². The van der Waals surface area contributed by atoms with Crippen molar-refractivity contribution in [2.24, 2.45) is 5.73 Å². The van der Waals surface area contributed by atoms with E-state index in [9.17, 15) is 4.39 Å². The van der Waals surface area contributed by atoms with Crippen molar-refractivity contribution in [1.82, 2.24) is 0 Å². The molecule has 0 heterocycles. The smallest absolute Gasteiger partial charge is 0.126 e. The third kappa shape index (κ3) is 2.89. The molecule has 0 radical (unpaired) electrons. The maximum absolute atomic E-state index is 13.7. The van der Waals surface area contributed by atoms with Gasteiger partial charge in [-0.2, -0.15) is 0 Å². The summed E-state index contributed by atoms with van der Waals surface area (Å²) in [5.74, 6) is -0.258. The standard InChI is InChI=1S/C15H15ClFN/c16-14-7-3-1-5-11(14)9-12(10-18)13-6-2-4-8-15(13)17/h1-8,12H,9-10,18H2. The molecule has 2 rings (SSSR count). The summed E-state index contributed by atoms with van der Waals surface area (Å²) in [6, 6.07) is 14.4. The SMILES string of the molecule is NCC(Cc1ccccc1Cl)c1ccccc1F. The quantitative estimate of drug-likeness (QED) is 0.893. The molecule has 1 atom stereocenters. The molecule has 2 aromatic carbocycles. The van der Waals surface area contributed by atoms with Crippen LogP contribution in [0.25, 0.3) is 0 Å². The fourth-order valence-corrected chi connectivity index (χ4v) is 2.27. The third-order valence-electron chi connectivity index (χ3n) is 3.05. The van der Waals surface area contributed by atoms with Crippen molar-refractivity contribution in [2.75, 3.05) is 6.54 Å². The van der Waals surface area contributed by atoms with Crippen LogP contribution in [-0.4, -0.2) is 6.54 Å². The number of benzene rings is 2. The fourth-order valence-electron chi connectivity index (χ4n) is 2.06. The summed E-state index contributed by atoms with van der Waals surface area (Å²) < 4.78 is 13.7. The lowest BCUT2D eigenvalue weighted by Crippen LogP contribution is -2.16. The minimum atomic E-state index is -0.208. The molecule has 1 nitrogen and oxygen atoms in total. The molecule has 2 aromatic rings. The number of rotatable bonds is 4. The van der Waals surface area contributed by atoms with Gasteiger partial charge in [-0.3, -0.25) is 0 Å². The molecule has 0 aliphatic carbocycles. The van der Waals surface area contributed by atoms with Gasteiger partial charge in [-0.1, -0.05) is 48.0 Å². The Morgan fingerprint density at radius 1 is 1.06 bits per heavy atom. The van der Waals surface area contributed by atoms with Gasteiger partial charge < -0.3 is 5.73 Å². The molecule has 94 valence electrons. The predicted molar refractivity (Wildman–Crippen MR) is 73.4 cm³/mol. The van der Waals surface area contributed by atoms with Gasteiger partial charge in [0.05, 0.1) is 0 Å². The Morgan fingerprint density at radius 2 is 1.72 bits per heavy atom. The maximum Gasteiger partial charge on any atom is 0.126 e. The Labute approximate surface area is 111 Å². The molecule has 3 heteroatoms. The van der Waals surface area contributed by atoms with Crippen LogP contribution in [0.15, 0.2) is 48.5 Å². The zero-order chi connectivity index (χ0) is 13.0. The normalized spacial score (nSPS) is 12.4. The van der Waals surface area contributed by atoms with Crippen LogP contribution in [0.3, 0.4) is 0 Å². The van der Waals surface area contributed by atoms with E-state index in [0.29, 0.717) is 23.6 Å². The zero-order valence-electron chi connectivity index (χ0n) is 9.94. The van der Waals surface area contributed by atoms with Crippen molar-refractivity contribution in [1.29, 1.82) is 0 Å². The monoisotopic (exact) mass is 263 g/mol. The van der Waals surface area contributed by atoms with Crippen molar-refractivity contribution >= 4 is 11.6 Å². The molecule has 0 aliphatic rings. The first-order chi connectivity index (χ1) is 8.72. The number of nitrogens with two attached hydrogens (primary N) is 1. The highest BCUT2D eigenvalue weighted by atomic mass is 35.5. The minimum Gasteiger partial charge on any atom is -0.330 e. The molecule has 0 bridgehead atoms. The molecule has 0 saturated heterocycles. The molecule has 0 aliphatic heterocycles. The van der Waals surface area contributed by atoms with E-state index in [-0.39, 0.29) is 11.7 Å². The molecular weight excluding hydrogens is 249 g/mol. The Morgan fingerprint density at radius 3 is 2.39 bits per heavy atom. The summed E-state index contributed by atoms with van der Waals surface area (Å²) in [5, 5.41) is 0.701. The van der Waals surface area contributed by atoms with E-state index in [1.807, 2.05) is 30.3 Å². The van der Waals surface area contributed by atoms with E-state index in [1.165, 1.54) is 6.07 Å². The minimum absolute atomic E-state index is 0.0499. The lowest BCUT2D eigenvalue weighted by atomic mass is 9.91. The Kier molecular flexibility index (Phi) is 4.34. The Balaban J connectivity index is 2.26. The Bertz CT molecular complexity index is 527. The fraction of sp³-hybridized carbons (Fsp3) is 0.200. The van der Waals surface area contributed by atoms with Gasteiger partial charge in [-0.05, 0) is 36.2 Å². The highest BCUT2D eigenvalue weighted by molar-refractivity contribution is 6.31. The summed E-state index contributed by atoms with van der Waals surface area (Å²) in [5.41, 5.74) is 7.41. The topological polar surface area (TPSA) is 26.0 Å². The lowest BCUT2D eigenvalue weighted by Gasteiger charge is -2.16. The van der Waals surface area contributed by atoms with E-state index < -0.39 is 0 Å². The van der Waals surface area contributed by atoms with Gasteiger partial charge in [0.15, 0.2) is 0 Å². The first kappa shape index (κ1) is 13.1. The van der Waals surface area contributed by atoms with Crippen molar-refractivity contribution < 1.29 is 4.39 Å². The second kappa shape index (κ2) is 5.98. The van der Waals surface area contributed by atoms with Gasteiger partial charge in [0.25, 0.3) is 0 Å².